The Morgan fingerprint density at radius 2 is 2.05 bits per heavy atom. The third-order valence-electron chi connectivity index (χ3n) is 4.39. The number of imidazole rings is 1. The van der Waals surface area contributed by atoms with Crippen LogP contribution in [0, 0.1) is 0 Å². The number of hydrogen-bond donors (Lipinski definition) is 1. The summed E-state index contributed by atoms with van der Waals surface area (Å²) in [7, 11) is 0. The van der Waals surface area contributed by atoms with Crippen molar-refractivity contribution < 1.29 is 0 Å². The predicted molar refractivity (Wildman–Crippen MR) is 85.1 cm³/mol. The molecule has 1 aliphatic heterocycles. The normalized spacial score (nSPS) is 16.1. The number of nitrogens with zero attached hydrogens (tertiary/aromatic N) is 2. The van der Waals surface area contributed by atoms with Crippen molar-refractivity contribution in [3.05, 3.63) is 17.2 Å². The summed E-state index contributed by atoms with van der Waals surface area (Å²) in [6, 6.07) is 0.614. The van der Waals surface area contributed by atoms with Crippen LogP contribution in [0.15, 0.2) is 0 Å². The van der Waals surface area contributed by atoms with E-state index in [0.29, 0.717) is 6.04 Å². The van der Waals surface area contributed by atoms with Crippen LogP contribution in [-0.4, -0.2) is 16.1 Å². The first-order chi connectivity index (χ1) is 9.77. The highest BCUT2D eigenvalue weighted by Gasteiger charge is 2.21. The Morgan fingerprint density at radius 1 is 1.20 bits per heavy atom. The highest BCUT2D eigenvalue weighted by Crippen LogP contribution is 2.25. The predicted octanol–water partition coefficient (Wildman–Crippen LogP) is 4.01. The summed E-state index contributed by atoms with van der Waals surface area (Å²) in [6.45, 7) is 8.98. The van der Waals surface area contributed by atoms with Gasteiger partial charge in [0.15, 0.2) is 0 Å². The number of hydrogen-bond acceptors (Lipinski definition) is 2. The molecule has 2 heterocycles. The Bertz CT molecular complexity index is 409. The fourth-order valence-electron chi connectivity index (χ4n) is 3.30. The standard InChI is InChI=1S/C17H31N3/c1-4-6-7-8-10-14(3)20-16-11-12-18-13-15(16)19-17(20)9-5-2/h14,18H,4-13H2,1-3H3. The largest absolute Gasteiger partial charge is 0.329 e. The van der Waals surface area contributed by atoms with E-state index in [2.05, 4.69) is 30.7 Å². The Labute approximate surface area is 124 Å². The van der Waals surface area contributed by atoms with Gasteiger partial charge in [0, 0.05) is 37.7 Å². The molecule has 1 aromatic rings. The minimum absolute atomic E-state index is 0.614. The van der Waals surface area contributed by atoms with Crippen molar-refractivity contribution in [3.63, 3.8) is 0 Å². The molecule has 2 rings (SSSR count). The van der Waals surface area contributed by atoms with Gasteiger partial charge >= 0.3 is 0 Å². The summed E-state index contributed by atoms with van der Waals surface area (Å²) in [5.41, 5.74) is 2.82. The van der Waals surface area contributed by atoms with E-state index in [-0.39, 0.29) is 0 Å². The summed E-state index contributed by atoms with van der Waals surface area (Å²) >= 11 is 0. The molecule has 114 valence electrons. The van der Waals surface area contributed by atoms with Crippen molar-refractivity contribution in [2.24, 2.45) is 0 Å². The molecule has 0 spiro atoms. The van der Waals surface area contributed by atoms with Crippen LogP contribution >= 0.6 is 0 Å². The van der Waals surface area contributed by atoms with E-state index in [1.807, 2.05) is 0 Å². The van der Waals surface area contributed by atoms with E-state index in [1.165, 1.54) is 55.7 Å². The fraction of sp³-hybridized carbons (Fsp3) is 0.824. The van der Waals surface area contributed by atoms with Crippen molar-refractivity contribution in [1.82, 2.24) is 14.9 Å². The lowest BCUT2D eigenvalue weighted by Gasteiger charge is -2.22. The van der Waals surface area contributed by atoms with Crippen molar-refractivity contribution in [2.45, 2.75) is 84.7 Å². The molecular formula is C17H31N3. The molecule has 0 radical (unpaired) electrons. The lowest BCUT2D eigenvalue weighted by atomic mass is 10.1. The molecule has 1 unspecified atom stereocenters. The highest BCUT2D eigenvalue weighted by atomic mass is 15.1. The van der Waals surface area contributed by atoms with Crippen LogP contribution < -0.4 is 5.32 Å². The van der Waals surface area contributed by atoms with E-state index < -0.39 is 0 Å². The zero-order chi connectivity index (χ0) is 14.4. The second kappa shape index (κ2) is 7.82. The Hall–Kier alpha value is -0.830. The quantitative estimate of drug-likeness (QED) is 0.728. The third-order valence-corrected chi connectivity index (χ3v) is 4.39. The van der Waals surface area contributed by atoms with Gasteiger partial charge in [-0.3, -0.25) is 0 Å². The van der Waals surface area contributed by atoms with Crippen molar-refractivity contribution in [2.75, 3.05) is 6.54 Å². The van der Waals surface area contributed by atoms with E-state index >= 15 is 0 Å². The average Bonchev–Trinajstić information content (AvgIpc) is 2.82. The molecule has 3 nitrogen and oxygen atoms in total. The number of unbranched alkanes of at least 4 members (excludes halogenated alkanes) is 3. The lowest BCUT2D eigenvalue weighted by Crippen LogP contribution is -2.25. The minimum atomic E-state index is 0.614. The summed E-state index contributed by atoms with van der Waals surface area (Å²) in [5, 5.41) is 3.45. The maximum Gasteiger partial charge on any atom is 0.109 e. The Kier molecular flexibility index (Phi) is 6.08. The number of rotatable bonds is 8. The highest BCUT2D eigenvalue weighted by molar-refractivity contribution is 5.21. The first-order valence-corrected chi connectivity index (χ1v) is 8.57. The number of fused-ring (bicyclic) bond motifs is 1. The van der Waals surface area contributed by atoms with Gasteiger partial charge < -0.3 is 9.88 Å². The lowest BCUT2D eigenvalue weighted by molar-refractivity contribution is 0.440. The van der Waals surface area contributed by atoms with Crippen LogP contribution in [-0.2, 0) is 19.4 Å². The molecule has 3 heteroatoms. The monoisotopic (exact) mass is 277 g/mol. The average molecular weight is 277 g/mol. The topological polar surface area (TPSA) is 29.9 Å². The molecule has 1 aliphatic rings. The summed E-state index contributed by atoms with van der Waals surface area (Å²) < 4.78 is 2.58. The molecule has 0 saturated carbocycles. The smallest absolute Gasteiger partial charge is 0.109 e. The van der Waals surface area contributed by atoms with Crippen LogP contribution in [0.25, 0.3) is 0 Å². The number of aromatic nitrogens is 2. The Balaban J connectivity index is 2.09. The molecule has 0 bridgehead atoms. The zero-order valence-electron chi connectivity index (χ0n) is 13.5. The van der Waals surface area contributed by atoms with Crippen molar-refractivity contribution in [3.8, 4) is 0 Å². The molecule has 1 atom stereocenters. The molecule has 0 aliphatic carbocycles. The van der Waals surface area contributed by atoms with Gasteiger partial charge in [-0.15, -0.1) is 0 Å². The van der Waals surface area contributed by atoms with Crippen molar-refractivity contribution in [1.29, 1.82) is 0 Å². The third kappa shape index (κ3) is 3.63. The summed E-state index contributed by atoms with van der Waals surface area (Å²) in [6.07, 6.45) is 10.2. The van der Waals surface area contributed by atoms with Gasteiger partial charge in [0.05, 0.1) is 5.69 Å². The van der Waals surface area contributed by atoms with E-state index in [4.69, 9.17) is 4.98 Å². The van der Waals surface area contributed by atoms with Gasteiger partial charge in [-0.1, -0.05) is 39.5 Å². The van der Waals surface area contributed by atoms with Crippen LogP contribution in [0.3, 0.4) is 0 Å². The maximum absolute atomic E-state index is 4.91. The van der Waals surface area contributed by atoms with Crippen LogP contribution in [0.5, 0.6) is 0 Å². The van der Waals surface area contributed by atoms with Crippen LogP contribution in [0.2, 0.25) is 0 Å². The van der Waals surface area contributed by atoms with Gasteiger partial charge in [-0.05, 0) is 19.8 Å². The molecule has 20 heavy (non-hydrogen) atoms. The van der Waals surface area contributed by atoms with Gasteiger partial charge in [-0.25, -0.2) is 4.98 Å². The first-order valence-electron chi connectivity index (χ1n) is 8.57. The molecule has 0 fully saturated rings. The molecular weight excluding hydrogens is 246 g/mol. The molecule has 0 amide bonds. The van der Waals surface area contributed by atoms with Gasteiger partial charge in [-0.2, -0.15) is 0 Å². The Morgan fingerprint density at radius 3 is 2.80 bits per heavy atom. The van der Waals surface area contributed by atoms with Gasteiger partial charge in [0.2, 0.25) is 0 Å². The van der Waals surface area contributed by atoms with Gasteiger partial charge in [0.25, 0.3) is 0 Å². The fourth-order valence-corrected chi connectivity index (χ4v) is 3.30. The minimum Gasteiger partial charge on any atom is -0.329 e. The van der Waals surface area contributed by atoms with Crippen LogP contribution in [0.1, 0.15) is 82.6 Å². The SMILES string of the molecule is CCCCCCC(C)n1c(CCC)nc2c1CCNC2. The molecule has 0 saturated heterocycles. The second-order valence-corrected chi connectivity index (χ2v) is 6.17. The number of nitrogens with one attached hydrogen (secondary N) is 1. The van der Waals surface area contributed by atoms with E-state index in [1.54, 1.807) is 0 Å². The van der Waals surface area contributed by atoms with E-state index in [9.17, 15) is 0 Å². The molecule has 1 aromatic heterocycles. The summed E-state index contributed by atoms with van der Waals surface area (Å²) in [5.74, 6) is 1.32. The first kappa shape index (κ1) is 15.6. The zero-order valence-corrected chi connectivity index (χ0v) is 13.5. The maximum atomic E-state index is 4.91. The molecule has 1 N–H and O–H groups in total. The number of aryl methyl sites for hydroxylation is 1. The summed E-state index contributed by atoms with van der Waals surface area (Å²) in [4.78, 5) is 4.91. The van der Waals surface area contributed by atoms with E-state index in [0.717, 1.165) is 25.9 Å². The molecule has 0 aromatic carbocycles. The second-order valence-electron chi connectivity index (χ2n) is 6.17. The van der Waals surface area contributed by atoms with Gasteiger partial charge in [0.1, 0.15) is 5.82 Å². The van der Waals surface area contributed by atoms with Crippen LogP contribution in [0.4, 0.5) is 0 Å². The van der Waals surface area contributed by atoms with Crippen molar-refractivity contribution >= 4 is 0 Å².